The van der Waals surface area contributed by atoms with Gasteiger partial charge in [0.05, 0.1) is 11.5 Å². The molecule has 0 amide bonds. The first-order chi connectivity index (χ1) is 9.95. The van der Waals surface area contributed by atoms with Gasteiger partial charge in [-0.05, 0) is 51.3 Å². The van der Waals surface area contributed by atoms with Crippen molar-refractivity contribution >= 4 is 26.0 Å². The molecule has 0 fully saturated rings. The number of pyridine rings is 1. The maximum absolute atomic E-state index is 12.6. The molecule has 0 saturated heterocycles. The number of sulfonamides is 1. The summed E-state index contributed by atoms with van der Waals surface area (Å²) in [7, 11) is -2.12. The summed E-state index contributed by atoms with van der Waals surface area (Å²) in [5.74, 6) is 0. The predicted molar refractivity (Wildman–Crippen MR) is 83.0 cm³/mol. The molecule has 2 rings (SSSR count). The summed E-state index contributed by atoms with van der Waals surface area (Å²) in [6.45, 7) is 0.0461. The van der Waals surface area contributed by atoms with Crippen LogP contribution in [0, 0.1) is 0 Å². The van der Waals surface area contributed by atoms with Gasteiger partial charge in [0.25, 0.3) is 0 Å². The molecule has 1 aromatic carbocycles. The van der Waals surface area contributed by atoms with Gasteiger partial charge in [0.1, 0.15) is 0 Å². The summed E-state index contributed by atoms with van der Waals surface area (Å²) in [6, 6.07) is 8.31. The second-order valence-corrected chi connectivity index (χ2v) is 7.41. The summed E-state index contributed by atoms with van der Waals surface area (Å²) in [4.78, 5) is 4.05. The normalized spacial score (nSPS) is 11.8. The first kappa shape index (κ1) is 16.1. The zero-order valence-electron chi connectivity index (χ0n) is 11.4. The Kier molecular flexibility index (Phi) is 5.10. The van der Waals surface area contributed by atoms with E-state index in [-0.39, 0.29) is 18.0 Å². The Balaban J connectivity index is 2.33. The second-order valence-electron chi connectivity index (χ2n) is 4.54. The smallest absolute Gasteiger partial charge is 0.244 e. The minimum absolute atomic E-state index is 0.144. The summed E-state index contributed by atoms with van der Waals surface area (Å²) in [6.07, 6.45) is 3.25. The van der Waals surface area contributed by atoms with Crippen LogP contribution >= 0.6 is 15.9 Å². The van der Waals surface area contributed by atoms with Crippen molar-refractivity contribution in [3.8, 4) is 0 Å². The number of halogens is 1. The van der Waals surface area contributed by atoms with Gasteiger partial charge in [-0.25, -0.2) is 8.42 Å². The minimum Gasteiger partial charge on any atom is -0.392 e. The standard InChI is InChI=1S/C14H15BrN2O3S/c1-17(9-11-4-6-16-7-5-11)21(19,20)14-8-12(10-18)2-3-13(14)15/h2-8,18H,9-10H2,1H3. The van der Waals surface area contributed by atoms with Gasteiger partial charge in [-0.1, -0.05) is 6.07 Å². The fourth-order valence-corrected chi connectivity index (χ4v) is 3.97. The van der Waals surface area contributed by atoms with Crippen molar-refractivity contribution < 1.29 is 13.5 Å². The molecule has 2 aromatic rings. The molecule has 21 heavy (non-hydrogen) atoms. The molecule has 5 nitrogen and oxygen atoms in total. The van der Waals surface area contributed by atoms with E-state index in [1.54, 1.807) is 36.7 Å². The molecule has 0 aliphatic carbocycles. The van der Waals surface area contributed by atoms with Gasteiger partial charge in [0.2, 0.25) is 10.0 Å². The Bertz CT molecular complexity index is 720. The van der Waals surface area contributed by atoms with Crippen molar-refractivity contribution in [3.63, 3.8) is 0 Å². The number of aromatic nitrogens is 1. The second kappa shape index (κ2) is 6.65. The fourth-order valence-electron chi connectivity index (χ4n) is 1.84. The summed E-state index contributed by atoms with van der Waals surface area (Å²) < 4.78 is 27.0. The van der Waals surface area contributed by atoms with Gasteiger partial charge in [-0.15, -0.1) is 0 Å². The molecule has 0 atom stereocenters. The van der Waals surface area contributed by atoms with E-state index in [0.717, 1.165) is 5.56 Å². The quantitative estimate of drug-likeness (QED) is 0.875. The molecule has 1 N–H and O–H groups in total. The van der Waals surface area contributed by atoms with Gasteiger partial charge in [0.15, 0.2) is 0 Å². The van der Waals surface area contributed by atoms with Crippen molar-refractivity contribution in [2.75, 3.05) is 7.05 Å². The van der Waals surface area contributed by atoms with Crippen LogP contribution in [-0.4, -0.2) is 29.9 Å². The largest absolute Gasteiger partial charge is 0.392 e. The van der Waals surface area contributed by atoms with Crippen LogP contribution in [0.3, 0.4) is 0 Å². The molecule has 112 valence electrons. The highest BCUT2D eigenvalue weighted by atomic mass is 79.9. The number of aliphatic hydroxyl groups is 1. The van der Waals surface area contributed by atoms with Crippen LogP contribution < -0.4 is 0 Å². The Morgan fingerprint density at radius 1 is 1.19 bits per heavy atom. The third-order valence-electron chi connectivity index (χ3n) is 3.02. The average molecular weight is 371 g/mol. The zero-order valence-corrected chi connectivity index (χ0v) is 13.8. The molecule has 0 radical (unpaired) electrons. The highest BCUT2D eigenvalue weighted by Crippen LogP contribution is 2.26. The number of rotatable bonds is 5. The monoisotopic (exact) mass is 370 g/mol. The molecule has 0 unspecified atom stereocenters. The first-order valence-electron chi connectivity index (χ1n) is 6.19. The number of hydrogen-bond donors (Lipinski definition) is 1. The van der Waals surface area contributed by atoms with Crippen molar-refractivity contribution in [1.29, 1.82) is 0 Å². The maximum Gasteiger partial charge on any atom is 0.244 e. The van der Waals surface area contributed by atoms with Gasteiger partial charge in [-0.2, -0.15) is 4.31 Å². The van der Waals surface area contributed by atoms with E-state index >= 15 is 0 Å². The van der Waals surface area contributed by atoms with E-state index in [0.29, 0.717) is 10.0 Å². The van der Waals surface area contributed by atoms with Gasteiger partial charge in [-0.3, -0.25) is 4.98 Å². The van der Waals surface area contributed by atoms with Gasteiger partial charge < -0.3 is 5.11 Å². The van der Waals surface area contributed by atoms with E-state index in [1.807, 2.05) is 0 Å². The lowest BCUT2D eigenvalue weighted by molar-refractivity contribution is 0.281. The van der Waals surface area contributed by atoms with Crippen LogP contribution in [0.1, 0.15) is 11.1 Å². The minimum atomic E-state index is -3.65. The van der Waals surface area contributed by atoms with Crippen molar-refractivity contribution in [1.82, 2.24) is 9.29 Å². The fraction of sp³-hybridized carbons (Fsp3) is 0.214. The molecule has 0 spiro atoms. The van der Waals surface area contributed by atoms with Crippen molar-refractivity contribution in [2.45, 2.75) is 18.0 Å². The maximum atomic E-state index is 12.6. The van der Waals surface area contributed by atoms with E-state index in [9.17, 15) is 8.42 Å². The van der Waals surface area contributed by atoms with E-state index in [4.69, 9.17) is 5.11 Å². The van der Waals surface area contributed by atoms with Gasteiger partial charge in [0, 0.05) is 30.5 Å². The Hall–Kier alpha value is -1.28. The summed E-state index contributed by atoms with van der Waals surface area (Å²) >= 11 is 3.25. The van der Waals surface area contributed by atoms with E-state index in [1.165, 1.54) is 17.4 Å². The third-order valence-corrected chi connectivity index (χ3v) is 5.82. The lowest BCUT2D eigenvalue weighted by atomic mass is 10.2. The van der Waals surface area contributed by atoms with Crippen LogP contribution in [0.2, 0.25) is 0 Å². The molecule has 1 aromatic heterocycles. The number of nitrogens with zero attached hydrogens (tertiary/aromatic N) is 2. The number of hydrogen-bond acceptors (Lipinski definition) is 4. The first-order valence-corrected chi connectivity index (χ1v) is 8.43. The molecular weight excluding hydrogens is 356 g/mol. The highest BCUT2D eigenvalue weighted by Gasteiger charge is 2.23. The molecule has 0 aliphatic heterocycles. The van der Waals surface area contributed by atoms with Crippen LogP contribution in [0.4, 0.5) is 0 Å². The molecule has 7 heteroatoms. The Morgan fingerprint density at radius 3 is 2.48 bits per heavy atom. The van der Waals surface area contributed by atoms with Crippen LogP contribution in [-0.2, 0) is 23.2 Å². The SMILES string of the molecule is CN(Cc1ccncc1)S(=O)(=O)c1cc(CO)ccc1Br. The Labute approximate surface area is 132 Å². The Morgan fingerprint density at radius 2 is 1.86 bits per heavy atom. The van der Waals surface area contributed by atoms with Crippen molar-refractivity contribution in [2.24, 2.45) is 0 Å². The molecule has 0 bridgehead atoms. The van der Waals surface area contributed by atoms with Crippen LogP contribution in [0.25, 0.3) is 0 Å². The topological polar surface area (TPSA) is 70.5 Å². The average Bonchev–Trinajstić information content (AvgIpc) is 2.48. The number of benzene rings is 1. The third kappa shape index (κ3) is 3.68. The molecule has 0 aliphatic rings. The zero-order chi connectivity index (χ0) is 15.5. The lowest BCUT2D eigenvalue weighted by Crippen LogP contribution is -2.27. The summed E-state index contributed by atoms with van der Waals surface area (Å²) in [5, 5.41) is 9.16. The molecular formula is C14H15BrN2O3S. The van der Waals surface area contributed by atoms with Crippen LogP contribution in [0.15, 0.2) is 52.1 Å². The predicted octanol–water partition coefficient (Wildman–Crippen LogP) is 2.16. The van der Waals surface area contributed by atoms with Crippen molar-refractivity contribution in [3.05, 3.63) is 58.3 Å². The summed E-state index contributed by atoms with van der Waals surface area (Å²) in [5.41, 5.74) is 1.40. The lowest BCUT2D eigenvalue weighted by Gasteiger charge is -2.18. The van der Waals surface area contributed by atoms with E-state index in [2.05, 4.69) is 20.9 Å². The highest BCUT2D eigenvalue weighted by molar-refractivity contribution is 9.10. The van der Waals surface area contributed by atoms with Crippen LogP contribution in [0.5, 0.6) is 0 Å². The van der Waals surface area contributed by atoms with Gasteiger partial charge >= 0.3 is 0 Å². The van der Waals surface area contributed by atoms with E-state index < -0.39 is 10.0 Å². The molecule has 0 saturated carbocycles. The number of aliphatic hydroxyl groups excluding tert-OH is 1. The molecule has 1 heterocycles.